The molecule has 2 aromatic rings. The molecule has 2 heteroatoms. The van der Waals surface area contributed by atoms with Crippen LogP contribution in [-0.2, 0) is 0 Å². The molecule has 0 aliphatic rings. The van der Waals surface area contributed by atoms with Gasteiger partial charge in [0.25, 0.3) is 0 Å². The highest BCUT2D eigenvalue weighted by Gasteiger charge is 2.06. The molecule has 0 N–H and O–H groups in total. The molecular weight excluding hydrogens is 188 g/mol. The summed E-state index contributed by atoms with van der Waals surface area (Å²) in [7, 11) is 3.37. The minimum atomic E-state index is 0.884. The van der Waals surface area contributed by atoms with E-state index in [1.54, 1.807) is 14.2 Å². The summed E-state index contributed by atoms with van der Waals surface area (Å²) >= 11 is 0. The Labute approximate surface area is 89.4 Å². The third-order valence-corrected chi connectivity index (χ3v) is 2.50. The monoisotopic (exact) mass is 202 g/mol. The second-order valence-electron chi connectivity index (χ2n) is 3.52. The molecule has 0 aliphatic heterocycles. The van der Waals surface area contributed by atoms with Crippen LogP contribution in [0.15, 0.2) is 30.3 Å². The lowest BCUT2D eigenvalue weighted by Gasteiger charge is -2.10. The van der Waals surface area contributed by atoms with Gasteiger partial charge in [0.05, 0.1) is 14.2 Å². The van der Waals surface area contributed by atoms with Crippen molar-refractivity contribution >= 4 is 10.8 Å². The predicted molar refractivity (Wildman–Crippen MR) is 61.8 cm³/mol. The Kier molecular flexibility index (Phi) is 2.50. The maximum Gasteiger partial charge on any atom is 0.127 e. The zero-order valence-electron chi connectivity index (χ0n) is 9.20. The zero-order chi connectivity index (χ0) is 10.8. The zero-order valence-corrected chi connectivity index (χ0v) is 9.20. The van der Waals surface area contributed by atoms with Crippen LogP contribution in [0.25, 0.3) is 10.8 Å². The summed E-state index contributed by atoms with van der Waals surface area (Å²) in [5.74, 6) is 1.78. The molecule has 2 rings (SSSR count). The van der Waals surface area contributed by atoms with Crippen LogP contribution in [0.2, 0.25) is 0 Å². The first-order chi connectivity index (χ1) is 7.26. The number of fused-ring (bicyclic) bond motifs is 1. The third-order valence-electron chi connectivity index (χ3n) is 2.50. The van der Waals surface area contributed by atoms with Gasteiger partial charge in [-0.05, 0) is 30.7 Å². The molecule has 0 bridgehead atoms. The molecule has 0 spiro atoms. The number of benzene rings is 2. The molecule has 0 radical (unpaired) electrons. The van der Waals surface area contributed by atoms with Crippen molar-refractivity contribution in [3.8, 4) is 11.5 Å². The summed E-state index contributed by atoms with van der Waals surface area (Å²) in [6.07, 6.45) is 0. The van der Waals surface area contributed by atoms with E-state index in [1.165, 1.54) is 5.56 Å². The highest BCUT2D eigenvalue weighted by atomic mass is 16.5. The maximum absolute atomic E-state index is 5.35. The Morgan fingerprint density at radius 3 is 2.27 bits per heavy atom. The molecule has 2 aromatic carbocycles. The number of rotatable bonds is 2. The third kappa shape index (κ3) is 1.63. The first-order valence-corrected chi connectivity index (χ1v) is 4.87. The minimum absolute atomic E-state index is 0.884. The second-order valence-corrected chi connectivity index (χ2v) is 3.52. The molecule has 0 saturated carbocycles. The molecule has 78 valence electrons. The summed E-state index contributed by atoms with van der Waals surface area (Å²) in [6, 6.07) is 10.1. The standard InChI is InChI=1S/C13H14O2/c1-9-7-11-10(13(8-9)15-3)5-4-6-12(11)14-2/h4-8H,1-3H3. The Morgan fingerprint density at radius 2 is 1.60 bits per heavy atom. The van der Waals surface area contributed by atoms with E-state index in [1.807, 2.05) is 24.3 Å². The second kappa shape index (κ2) is 3.81. The van der Waals surface area contributed by atoms with Crippen molar-refractivity contribution in [3.05, 3.63) is 35.9 Å². The van der Waals surface area contributed by atoms with Gasteiger partial charge in [-0.1, -0.05) is 12.1 Å². The lowest BCUT2D eigenvalue weighted by atomic mass is 10.1. The van der Waals surface area contributed by atoms with Crippen molar-refractivity contribution in [3.63, 3.8) is 0 Å². The van der Waals surface area contributed by atoms with E-state index in [0.29, 0.717) is 0 Å². The van der Waals surface area contributed by atoms with E-state index < -0.39 is 0 Å². The Hall–Kier alpha value is -1.70. The van der Waals surface area contributed by atoms with Crippen LogP contribution in [0.5, 0.6) is 11.5 Å². The lowest BCUT2D eigenvalue weighted by molar-refractivity contribution is 0.415. The summed E-state index contributed by atoms with van der Waals surface area (Å²) in [5.41, 5.74) is 1.17. The van der Waals surface area contributed by atoms with Crippen LogP contribution in [-0.4, -0.2) is 14.2 Å². The van der Waals surface area contributed by atoms with Crippen LogP contribution in [0.1, 0.15) is 5.56 Å². The normalized spacial score (nSPS) is 10.3. The van der Waals surface area contributed by atoms with Gasteiger partial charge in [-0.15, -0.1) is 0 Å². The number of hydrogen-bond donors (Lipinski definition) is 0. The predicted octanol–water partition coefficient (Wildman–Crippen LogP) is 3.17. The van der Waals surface area contributed by atoms with Crippen molar-refractivity contribution in [1.29, 1.82) is 0 Å². The van der Waals surface area contributed by atoms with Gasteiger partial charge in [-0.25, -0.2) is 0 Å². The van der Waals surface area contributed by atoms with Crippen molar-refractivity contribution in [2.45, 2.75) is 6.92 Å². The Bertz CT molecular complexity index is 489. The molecule has 0 aliphatic carbocycles. The van der Waals surface area contributed by atoms with Crippen molar-refractivity contribution < 1.29 is 9.47 Å². The van der Waals surface area contributed by atoms with Gasteiger partial charge in [-0.3, -0.25) is 0 Å². The Balaban J connectivity index is 2.82. The van der Waals surface area contributed by atoms with Crippen molar-refractivity contribution in [1.82, 2.24) is 0 Å². The van der Waals surface area contributed by atoms with Gasteiger partial charge in [-0.2, -0.15) is 0 Å². The highest BCUT2D eigenvalue weighted by molar-refractivity contribution is 5.93. The summed E-state index contributed by atoms with van der Waals surface area (Å²) in [5, 5.41) is 2.18. The van der Waals surface area contributed by atoms with E-state index >= 15 is 0 Å². The van der Waals surface area contributed by atoms with Crippen molar-refractivity contribution in [2.24, 2.45) is 0 Å². The van der Waals surface area contributed by atoms with Crippen LogP contribution in [0.4, 0.5) is 0 Å². The molecule has 0 heterocycles. The lowest BCUT2D eigenvalue weighted by Crippen LogP contribution is -1.89. The van der Waals surface area contributed by atoms with Crippen LogP contribution in [0.3, 0.4) is 0 Å². The van der Waals surface area contributed by atoms with Gasteiger partial charge in [0, 0.05) is 10.8 Å². The summed E-state index contributed by atoms with van der Waals surface area (Å²) < 4.78 is 10.7. The van der Waals surface area contributed by atoms with Crippen LogP contribution >= 0.6 is 0 Å². The molecule has 0 atom stereocenters. The highest BCUT2D eigenvalue weighted by Crippen LogP contribution is 2.33. The summed E-state index contributed by atoms with van der Waals surface area (Å²) in [4.78, 5) is 0. The molecule has 0 fully saturated rings. The smallest absolute Gasteiger partial charge is 0.127 e. The quantitative estimate of drug-likeness (QED) is 0.744. The molecule has 0 unspecified atom stereocenters. The molecule has 0 aromatic heterocycles. The van der Waals surface area contributed by atoms with E-state index in [0.717, 1.165) is 22.3 Å². The fourth-order valence-electron chi connectivity index (χ4n) is 1.81. The fourth-order valence-corrected chi connectivity index (χ4v) is 1.81. The number of ether oxygens (including phenoxy) is 2. The molecule has 2 nitrogen and oxygen atoms in total. The average Bonchev–Trinajstić information content (AvgIpc) is 2.27. The molecule has 0 amide bonds. The average molecular weight is 202 g/mol. The summed E-state index contributed by atoms with van der Waals surface area (Å²) in [6.45, 7) is 2.05. The van der Waals surface area contributed by atoms with Gasteiger partial charge in [0.1, 0.15) is 11.5 Å². The fraction of sp³-hybridized carbons (Fsp3) is 0.231. The van der Waals surface area contributed by atoms with Crippen LogP contribution in [0, 0.1) is 6.92 Å². The van der Waals surface area contributed by atoms with Gasteiger partial charge < -0.3 is 9.47 Å². The maximum atomic E-state index is 5.35. The van der Waals surface area contributed by atoms with Crippen molar-refractivity contribution in [2.75, 3.05) is 14.2 Å². The first kappa shape index (κ1) is 9.84. The minimum Gasteiger partial charge on any atom is -0.496 e. The van der Waals surface area contributed by atoms with E-state index in [2.05, 4.69) is 13.0 Å². The van der Waals surface area contributed by atoms with Gasteiger partial charge in [0.2, 0.25) is 0 Å². The van der Waals surface area contributed by atoms with E-state index in [9.17, 15) is 0 Å². The van der Waals surface area contributed by atoms with Gasteiger partial charge in [0.15, 0.2) is 0 Å². The molecule has 0 saturated heterocycles. The first-order valence-electron chi connectivity index (χ1n) is 4.87. The van der Waals surface area contributed by atoms with Gasteiger partial charge >= 0.3 is 0 Å². The molecular formula is C13H14O2. The molecule has 15 heavy (non-hydrogen) atoms. The topological polar surface area (TPSA) is 18.5 Å². The SMILES string of the molecule is COc1cc(C)cc2c(OC)cccc12. The van der Waals surface area contributed by atoms with Crippen LogP contribution < -0.4 is 9.47 Å². The Morgan fingerprint density at radius 1 is 0.867 bits per heavy atom. The largest absolute Gasteiger partial charge is 0.496 e. The van der Waals surface area contributed by atoms with E-state index in [-0.39, 0.29) is 0 Å². The van der Waals surface area contributed by atoms with E-state index in [4.69, 9.17) is 9.47 Å². The number of hydrogen-bond acceptors (Lipinski definition) is 2. The number of methoxy groups -OCH3 is 2. The number of aryl methyl sites for hydroxylation is 1.